The molecule has 1 amide bonds. The summed E-state index contributed by atoms with van der Waals surface area (Å²) < 4.78 is 1.92. The molecular weight excluding hydrogens is 393 g/mol. The maximum atomic E-state index is 12.1. The van der Waals surface area contributed by atoms with Crippen LogP contribution in [0.5, 0.6) is 0 Å². The number of hydrogen-bond donors (Lipinski definition) is 1. The lowest BCUT2D eigenvalue weighted by molar-refractivity contribution is 0.0955. The Morgan fingerprint density at radius 3 is 2.58 bits per heavy atom. The Balaban J connectivity index is 1.75. The lowest BCUT2D eigenvalue weighted by Gasteiger charge is -2.08. The molecule has 132 valence electrons. The summed E-state index contributed by atoms with van der Waals surface area (Å²) in [4.78, 5) is 12.1. The molecule has 1 N–H and O–H groups in total. The van der Waals surface area contributed by atoms with Crippen molar-refractivity contribution in [2.45, 2.75) is 6.92 Å². The third-order valence-corrected chi connectivity index (χ3v) is 4.90. The monoisotopic (exact) mass is 405 g/mol. The van der Waals surface area contributed by atoms with E-state index in [1.807, 2.05) is 48.0 Å². The van der Waals surface area contributed by atoms with Crippen molar-refractivity contribution in [2.24, 2.45) is 5.10 Å². The third-order valence-electron chi connectivity index (χ3n) is 3.76. The average Bonchev–Trinajstić information content (AvgIpc) is 3.08. The van der Waals surface area contributed by atoms with Crippen molar-refractivity contribution in [2.75, 3.05) is 0 Å². The Kier molecular flexibility index (Phi) is 5.67. The Morgan fingerprint density at radius 1 is 1.04 bits per heavy atom. The number of amides is 1. The highest BCUT2D eigenvalue weighted by Crippen LogP contribution is 2.23. The molecule has 0 aliphatic rings. The molecule has 0 bridgehead atoms. The van der Waals surface area contributed by atoms with Crippen LogP contribution in [0.15, 0.2) is 59.8 Å². The summed E-state index contributed by atoms with van der Waals surface area (Å²) in [5.74, 6) is -0.378. The molecule has 7 heteroatoms. The zero-order chi connectivity index (χ0) is 18.7. The minimum Gasteiger partial charge on any atom is -0.316 e. The second kappa shape index (κ2) is 7.96. The fourth-order valence-corrected chi connectivity index (χ4v) is 2.80. The second-order valence-electron chi connectivity index (χ2n) is 5.56. The Hall–Kier alpha value is -2.27. The van der Waals surface area contributed by atoms with E-state index >= 15 is 0 Å². The van der Waals surface area contributed by atoms with E-state index in [0.717, 1.165) is 16.9 Å². The largest absolute Gasteiger partial charge is 0.316 e. The first-order chi connectivity index (χ1) is 12.5. The third kappa shape index (κ3) is 4.10. The lowest BCUT2D eigenvalue weighted by atomic mass is 10.2. The number of rotatable bonds is 4. The van der Waals surface area contributed by atoms with Crippen LogP contribution in [-0.4, -0.2) is 16.7 Å². The second-order valence-corrected chi connectivity index (χ2v) is 6.79. The highest BCUT2D eigenvalue weighted by molar-refractivity contribution is 6.42. The van der Waals surface area contributed by atoms with Crippen LogP contribution in [0.2, 0.25) is 15.1 Å². The van der Waals surface area contributed by atoms with Crippen LogP contribution >= 0.6 is 34.8 Å². The minimum atomic E-state index is -0.378. The van der Waals surface area contributed by atoms with Gasteiger partial charge in [-0.3, -0.25) is 4.79 Å². The summed E-state index contributed by atoms with van der Waals surface area (Å²) >= 11 is 18.0. The van der Waals surface area contributed by atoms with E-state index in [2.05, 4.69) is 10.5 Å². The predicted octanol–water partition coefficient (Wildman–Crippen LogP) is 5.51. The first-order valence-electron chi connectivity index (χ1n) is 7.68. The van der Waals surface area contributed by atoms with E-state index in [9.17, 15) is 4.79 Å². The van der Waals surface area contributed by atoms with Crippen LogP contribution in [0, 0.1) is 6.92 Å². The molecule has 0 unspecified atom stereocenters. The number of nitrogens with one attached hydrogen (secondary N) is 1. The van der Waals surface area contributed by atoms with Crippen molar-refractivity contribution in [3.63, 3.8) is 0 Å². The van der Waals surface area contributed by atoms with E-state index in [0.29, 0.717) is 20.6 Å². The van der Waals surface area contributed by atoms with Crippen LogP contribution in [0.1, 0.15) is 21.6 Å². The summed E-state index contributed by atoms with van der Waals surface area (Å²) in [7, 11) is 0. The van der Waals surface area contributed by atoms with Crippen LogP contribution in [0.25, 0.3) is 5.69 Å². The maximum Gasteiger partial charge on any atom is 0.271 e. The van der Waals surface area contributed by atoms with Crippen molar-refractivity contribution in [1.82, 2.24) is 9.99 Å². The molecule has 0 fully saturated rings. The van der Waals surface area contributed by atoms with E-state index in [-0.39, 0.29) is 5.91 Å². The summed E-state index contributed by atoms with van der Waals surface area (Å²) in [5, 5.41) is 5.40. The molecule has 0 radical (unpaired) electrons. The quantitative estimate of drug-likeness (QED) is 0.451. The van der Waals surface area contributed by atoms with Crippen LogP contribution in [-0.2, 0) is 0 Å². The number of nitrogens with zero attached hydrogens (tertiary/aromatic N) is 2. The molecular formula is C19H14Cl3N3O. The van der Waals surface area contributed by atoms with E-state index in [4.69, 9.17) is 34.8 Å². The molecule has 1 heterocycles. The molecule has 2 aromatic carbocycles. The Bertz CT molecular complexity index is 995. The molecule has 0 aliphatic carbocycles. The van der Waals surface area contributed by atoms with Gasteiger partial charge >= 0.3 is 0 Å². The number of aryl methyl sites for hydroxylation is 1. The van der Waals surface area contributed by atoms with Gasteiger partial charge in [-0.2, -0.15) is 5.10 Å². The van der Waals surface area contributed by atoms with Gasteiger partial charge in [-0.1, -0.05) is 40.9 Å². The maximum absolute atomic E-state index is 12.1. The van der Waals surface area contributed by atoms with Crippen LogP contribution < -0.4 is 5.43 Å². The highest BCUT2D eigenvalue weighted by Gasteiger charge is 2.07. The molecule has 0 spiro atoms. The number of carbonyl (C=O) groups excluding carboxylic acids is 1. The zero-order valence-corrected chi connectivity index (χ0v) is 16.0. The number of aromatic nitrogens is 1. The van der Waals surface area contributed by atoms with Crippen LogP contribution in [0.3, 0.4) is 0 Å². The van der Waals surface area contributed by atoms with Gasteiger partial charge in [-0.25, -0.2) is 5.43 Å². The lowest BCUT2D eigenvalue weighted by Crippen LogP contribution is -2.17. The molecule has 26 heavy (non-hydrogen) atoms. The standard InChI is InChI=1S/C19H14Cl3N3O/c1-12-4-6-14(10-17(12)21)25-8-2-3-15(25)11-23-24-19(26)13-5-7-16(20)18(22)9-13/h2-11H,1H3,(H,24,26)/b23-11-. The van der Waals surface area contributed by atoms with Gasteiger partial charge in [-0.15, -0.1) is 0 Å². The summed E-state index contributed by atoms with van der Waals surface area (Å²) in [5.41, 5.74) is 5.55. The Morgan fingerprint density at radius 2 is 1.85 bits per heavy atom. The van der Waals surface area contributed by atoms with Gasteiger partial charge in [0.25, 0.3) is 5.91 Å². The fourth-order valence-electron chi connectivity index (χ4n) is 2.33. The summed E-state index contributed by atoms with van der Waals surface area (Å²) in [6.45, 7) is 1.95. The molecule has 3 rings (SSSR count). The van der Waals surface area contributed by atoms with Gasteiger partial charge in [0.2, 0.25) is 0 Å². The predicted molar refractivity (Wildman–Crippen MR) is 107 cm³/mol. The zero-order valence-electron chi connectivity index (χ0n) is 13.7. The first kappa shape index (κ1) is 18.5. The molecule has 0 aliphatic heterocycles. The number of benzene rings is 2. The van der Waals surface area contributed by atoms with Crippen molar-refractivity contribution in [3.05, 3.63) is 86.6 Å². The van der Waals surface area contributed by atoms with Gasteiger partial charge < -0.3 is 4.57 Å². The molecule has 1 aromatic heterocycles. The van der Waals surface area contributed by atoms with Crippen LogP contribution in [0.4, 0.5) is 0 Å². The van der Waals surface area contributed by atoms with Crippen molar-refractivity contribution in [3.8, 4) is 5.69 Å². The summed E-state index contributed by atoms with van der Waals surface area (Å²) in [6, 6.07) is 14.2. The molecule has 0 saturated carbocycles. The normalized spacial score (nSPS) is 11.1. The van der Waals surface area contributed by atoms with Gasteiger partial charge in [0.05, 0.1) is 22.0 Å². The van der Waals surface area contributed by atoms with Crippen molar-refractivity contribution >= 4 is 46.9 Å². The van der Waals surface area contributed by atoms with Crippen molar-refractivity contribution in [1.29, 1.82) is 0 Å². The number of carbonyl (C=O) groups is 1. The topological polar surface area (TPSA) is 46.4 Å². The molecule has 0 atom stereocenters. The molecule has 3 aromatic rings. The van der Waals surface area contributed by atoms with E-state index in [1.165, 1.54) is 6.07 Å². The van der Waals surface area contributed by atoms with E-state index < -0.39 is 0 Å². The number of hydrogen-bond acceptors (Lipinski definition) is 2. The van der Waals surface area contributed by atoms with Crippen molar-refractivity contribution < 1.29 is 4.79 Å². The average molecular weight is 407 g/mol. The smallest absolute Gasteiger partial charge is 0.271 e. The number of hydrazone groups is 1. The molecule has 0 saturated heterocycles. The Labute approximate surface area is 166 Å². The first-order valence-corrected chi connectivity index (χ1v) is 8.81. The van der Waals surface area contributed by atoms with Gasteiger partial charge in [0.1, 0.15) is 0 Å². The van der Waals surface area contributed by atoms with Gasteiger partial charge in [0, 0.05) is 22.5 Å². The molecule has 4 nitrogen and oxygen atoms in total. The van der Waals surface area contributed by atoms with Gasteiger partial charge in [0.15, 0.2) is 0 Å². The minimum absolute atomic E-state index is 0.313. The fraction of sp³-hybridized carbons (Fsp3) is 0.0526. The van der Waals surface area contributed by atoms with E-state index in [1.54, 1.807) is 18.3 Å². The number of halogens is 3. The summed E-state index contributed by atoms with van der Waals surface area (Å²) in [6.07, 6.45) is 3.45. The van der Waals surface area contributed by atoms with Gasteiger partial charge in [-0.05, 0) is 55.0 Å². The highest BCUT2D eigenvalue weighted by atomic mass is 35.5. The SMILES string of the molecule is Cc1ccc(-n2cccc2/C=N\NC(=O)c2ccc(Cl)c(Cl)c2)cc1Cl.